The fourth-order valence-corrected chi connectivity index (χ4v) is 3.61. The molecule has 1 aromatic carbocycles. The molecule has 0 spiro atoms. The van der Waals surface area contributed by atoms with Crippen LogP contribution in [0.1, 0.15) is 35.3 Å². The van der Waals surface area contributed by atoms with E-state index in [9.17, 15) is 4.79 Å². The fraction of sp³-hybridized carbons (Fsp3) is 0.450. The number of methoxy groups -OCH3 is 1. The molecule has 27 heavy (non-hydrogen) atoms. The first-order valence-corrected chi connectivity index (χ1v) is 9.41. The number of amides is 1. The average Bonchev–Trinajstić information content (AvgIpc) is 3.22. The highest BCUT2D eigenvalue weighted by molar-refractivity contribution is 5.92. The van der Waals surface area contributed by atoms with Crippen LogP contribution in [0, 0.1) is 0 Å². The van der Waals surface area contributed by atoms with E-state index in [2.05, 4.69) is 14.9 Å². The summed E-state index contributed by atoms with van der Waals surface area (Å²) in [6, 6.07) is 5.89. The van der Waals surface area contributed by atoms with E-state index in [1.165, 1.54) is 0 Å². The first-order valence-electron chi connectivity index (χ1n) is 9.41. The Balaban J connectivity index is 1.60. The normalized spacial score (nSPS) is 16.9. The zero-order chi connectivity index (χ0) is 18.6. The zero-order valence-corrected chi connectivity index (χ0v) is 15.6. The molecule has 142 valence electrons. The molecule has 2 aromatic rings. The van der Waals surface area contributed by atoms with Gasteiger partial charge in [0.05, 0.1) is 26.1 Å². The van der Waals surface area contributed by atoms with Crippen molar-refractivity contribution in [1.82, 2.24) is 14.9 Å². The summed E-state index contributed by atoms with van der Waals surface area (Å²) in [5.41, 5.74) is 1.45. The van der Waals surface area contributed by atoms with Crippen LogP contribution in [0.3, 0.4) is 0 Å². The van der Waals surface area contributed by atoms with E-state index in [0.717, 1.165) is 61.8 Å². The van der Waals surface area contributed by atoms with E-state index in [1.54, 1.807) is 19.5 Å². The molecule has 0 unspecified atom stereocenters. The minimum Gasteiger partial charge on any atom is -0.493 e. The van der Waals surface area contributed by atoms with Crippen molar-refractivity contribution in [2.45, 2.75) is 25.8 Å². The monoisotopic (exact) mass is 368 g/mol. The van der Waals surface area contributed by atoms with Crippen molar-refractivity contribution in [3.63, 3.8) is 0 Å². The van der Waals surface area contributed by atoms with Gasteiger partial charge in [0, 0.05) is 31.7 Å². The van der Waals surface area contributed by atoms with Gasteiger partial charge < -0.3 is 19.3 Å². The number of likely N-dealkylation sites (tertiary alicyclic amines) is 1. The quantitative estimate of drug-likeness (QED) is 0.829. The average molecular weight is 368 g/mol. The standard InChI is InChI=1S/C20H24N4O3/c1-26-17-7-4-6-15-14-24(10-5-11-27-19(15)17)18-13-21-12-16(22-18)20(25)23-8-2-3-9-23/h4,6-7,12-13H,2-3,5,8-11,14H2,1H3. The molecule has 0 saturated carbocycles. The molecule has 2 aliphatic heterocycles. The minimum atomic E-state index is -0.0284. The van der Waals surface area contributed by atoms with Gasteiger partial charge in [0.25, 0.3) is 5.91 Å². The summed E-state index contributed by atoms with van der Waals surface area (Å²) in [6.45, 7) is 3.62. The van der Waals surface area contributed by atoms with Crippen molar-refractivity contribution >= 4 is 11.7 Å². The molecular formula is C20H24N4O3. The molecule has 4 rings (SSSR count). The molecule has 2 aliphatic rings. The van der Waals surface area contributed by atoms with Gasteiger partial charge in [-0.1, -0.05) is 12.1 Å². The summed E-state index contributed by atoms with van der Waals surface area (Å²) in [5.74, 6) is 2.20. The Morgan fingerprint density at radius 1 is 1.15 bits per heavy atom. The molecule has 0 atom stereocenters. The van der Waals surface area contributed by atoms with Gasteiger partial charge in [-0.25, -0.2) is 4.98 Å². The second-order valence-corrected chi connectivity index (χ2v) is 6.83. The lowest BCUT2D eigenvalue weighted by molar-refractivity contribution is 0.0786. The summed E-state index contributed by atoms with van der Waals surface area (Å²) in [7, 11) is 1.65. The zero-order valence-electron chi connectivity index (χ0n) is 15.6. The number of carbonyl (C=O) groups excluding carboxylic acids is 1. The highest BCUT2D eigenvalue weighted by atomic mass is 16.5. The number of para-hydroxylation sites is 1. The van der Waals surface area contributed by atoms with Crippen molar-refractivity contribution in [2.75, 3.05) is 38.3 Å². The van der Waals surface area contributed by atoms with E-state index in [0.29, 0.717) is 18.8 Å². The van der Waals surface area contributed by atoms with E-state index in [1.807, 2.05) is 23.1 Å². The topological polar surface area (TPSA) is 67.8 Å². The predicted molar refractivity (Wildman–Crippen MR) is 101 cm³/mol. The maximum absolute atomic E-state index is 12.7. The Hall–Kier alpha value is -2.83. The van der Waals surface area contributed by atoms with E-state index in [4.69, 9.17) is 9.47 Å². The molecule has 7 heteroatoms. The SMILES string of the molecule is COc1cccc2c1OCCCN(c1cncc(C(=O)N3CCCC3)n1)C2. The van der Waals surface area contributed by atoms with E-state index in [-0.39, 0.29) is 5.91 Å². The van der Waals surface area contributed by atoms with Crippen LogP contribution in [-0.2, 0) is 6.54 Å². The molecule has 0 aliphatic carbocycles. The fourth-order valence-electron chi connectivity index (χ4n) is 3.61. The third-order valence-corrected chi connectivity index (χ3v) is 5.02. The number of fused-ring (bicyclic) bond motifs is 1. The van der Waals surface area contributed by atoms with Gasteiger partial charge in [-0.2, -0.15) is 0 Å². The number of carbonyl (C=O) groups is 1. The molecule has 1 amide bonds. The van der Waals surface area contributed by atoms with Gasteiger partial charge in [-0.3, -0.25) is 9.78 Å². The van der Waals surface area contributed by atoms with Crippen LogP contribution in [0.15, 0.2) is 30.6 Å². The first kappa shape index (κ1) is 17.6. The molecule has 0 radical (unpaired) electrons. The Bertz CT molecular complexity index is 821. The number of ether oxygens (including phenoxy) is 2. The molecule has 1 saturated heterocycles. The van der Waals surface area contributed by atoms with Gasteiger partial charge in [0.2, 0.25) is 0 Å². The number of hydrogen-bond acceptors (Lipinski definition) is 6. The third kappa shape index (κ3) is 3.67. The van der Waals surface area contributed by atoms with Crippen LogP contribution in [0.5, 0.6) is 11.5 Å². The van der Waals surface area contributed by atoms with Crippen molar-refractivity contribution < 1.29 is 14.3 Å². The van der Waals surface area contributed by atoms with Crippen molar-refractivity contribution in [2.24, 2.45) is 0 Å². The predicted octanol–water partition coefficient (Wildman–Crippen LogP) is 2.51. The molecular weight excluding hydrogens is 344 g/mol. The number of anilines is 1. The molecule has 0 bridgehead atoms. The Kier molecular flexibility index (Phi) is 5.09. The van der Waals surface area contributed by atoms with Gasteiger partial charge in [-0.05, 0) is 25.3 Å². The largest absolute Gasteiger partial charge is 0.493 e. The lowest BCUT2D eigenvalue weighted by Gasteiger charge is -2.28. The first-order chi connectivity index (χ1) is 13.3. The van der Waals surface area contributed by atoms with Crippen LogP contribution < -0.4 is 14.4 Å². The molecule has 3 heterocycles. The van der Waals surface area contributed by atoms with Crippen LogP contribution >= 0.6 is 0 Å². The van der Waals surface area contributed by atoms with Gasteiger partial charge in [0.15, 0.2) is 11.5 Å². The molecule has 7 nitrogen and oxygen atoms in total. The number of rotatable bonds is 3. The highest BCUT2D eigenvalue weighted by Crippen LogP contribution is 2.33. The molecule has 1 aromatic heterocycles. The lowest BCUT2D eigenvalue weighted by atomic mass is 10.1. The number of benzene rings is 1. The smallest absolute Gasteiger partial charge is 0.274 e. The molecule has 1 fully saturated rings. The van der Waals surface area contributed by atoms with Gasteiger partial charge >= 0.3 is 0 Å². The Morgan fingerprint density at radius 3 is 2.81 bits per heavy atom. The summed E-state index contributed by atoms with van der Waals surface area (Å²) >= 11 is 0. The van der Waals surface area contributed by atoms with Crippen molar-refractivity contribution in [3.8, 4) is 11.5 Å². The van der Waals surface area contributed by atoms with E-state index < -0.39 is 0 Å². The Labute approximate surface area is 158 Å². The molecule has 0 N–H and O–H groups in total. The number of aromatic nitrogens is 2. The van der Waals surface area contributed by atoms with Crippen LogP contribution in [0.2, 0.25) is 0 Å². The maximum Gasteiger partial charge on any atom is 0.274 e. The van der Waals surface area contributed by atoms with Crippen molar-refractivity contribution in [3.05, 3.63) is 41.9 Å². The van der Waals surface area contributed by atoms with Crippen LogP contribution in [0.4, 0.5) is 5.82 Å². The summed E-state index contributed by atoms with van der Waals surface area (Å²) in [5, 5.41) is 0. The summed E-state index contributed by atoms with van der Waals surface area (Å²) in [6.07, 6.45) is 6.26. The van der Waals surface area contributed by atoms with Gasteiger partial charge in [-0.15, -0.1) is 0 Å². The van der Waals surface area contributed by atoms with Crippen LogP contribution in [-0.4, -0.2) is 54.1 Å². The highest BCUT2D eigenvalue weighted by Gasteiger charge is 2.23. The minimum absolute atomic E-state index is 0.0284. The Morgan fingerprint density at radius 2 is 2.00 bits per heavy atom. The summed E-state index contributed by atoms with van der Waals surface area (Å²) < 4.78 is 11.4. The number of nitrogens with zero attached hydrogens (tertiary/aromatic N) is 4. The van der Waals surface area contributed by atoms with Crippen LogP contribution in [0.25, 0.3) is 0 Å². The van der Waals surface area contributed by atoms with E-state index >= 15 is 0 Å². The summed E-state index contributed by atoms with van der Waals surface area (Å²) in [4.78, 5) is 25.6. The van der Waals surface area contributed by atoms with Gasteiger partial charge in [0.1, 0.15) is 11.5 Å². The second-order valence-electron chi connectivity index (χ2n) is 6.83. The van der Waals surface area contributed by atoms with Crippen molar-refractivity contribution in [1.29, 1.82) is 0 Å². The second kappa shape index (κ2) is 7.82. The maximum atomic E-state index is 12.7. The number of hydrogen-bond donors (Lipinski definition) is 0. The third-order valence-electron chi connectivity index (χ3n) is 5.02. The lowest BCUT2D eigenvalue weighted by Crippen LogP contribution is -2.31.